The Morgan fingerprint density at radius 3 is 2.58 bits per heavy atom. The van der Waals surface area contributed by atoms with Crippen molar-refractivity contribution in [2.24, 2.45) is 0 Å². The van der Waals surface area contributed by atoms with E-state index in [1.165, 1.54) is 25.3 Å². The van der Waals surface area contributed by atoms with Gasteiger partial charge >= 0.3 is 7.12 Å². The lowest BCUT2D eigenvalue weighted by atomic mass is 9.79. The molecule has 64 valence electrons. The van der Waals surface area contributed by atoms with Crippen LogP contribution in [0.15, 0.2) is 18.2 Å². The van der Waals surface area contributed by atoms with E-state index in [1.807, 2.05) is 0 Å². The minimum atomic E-state index is -1.21. The third-order valence-corrected chi connectivity index (χ3v) is 1.50. The maximum Gasteiger partial charge on any atom is 0.494 e. The molecule has 0 aliphatic heterocycles. The van der Waals surface area contributed by atoms with Crippen LogP contribution in [-0.2, 0) is 4.65 Å². The van der Waals surface area contributed by atoms with Gasteiger partial charge in [0.1, 0.15) is 11.5 Å². The van der Waals surface area contributed by atoms with E-state index in [1.54, 1.807) is 0 Å². The number of hydrogen-bond donors (Lipinski definition) is 3. The van der Waals surface area contributed by atoms with Crippen LogP contribution in [-0.4, -0.2) is 29.5 Å². The fraction of sp³-hybridized carbons (Fsp3) is 0.143. The minimum Gasteiger partial charge on any atom is -0.508 e. The molecule has 4 nitrogen and oxygen atoms in total. The van der Waals surface area contributed by atoms with Crippen molar-refractivity contribution >= 4 is 12.6 Å². The lowest BCUT2D eigenvalue weighted by Gasteiger charge is -2.06. The highest BCUT2D eigenvalue weighted by Crippen LogP contribution is 2.12. The molecule has 12 heavy (non-hydrogen) atoms. The molecule has 0 aliphatic carbocycles. The van der Waals surface area contributed by atoms with Crippen LogP contribution in [0.5, 0.6) is 11.5 Å². The first-order valence-electron chi connectivity index (χ1n) is 3.38. The summed E-state index contributed by atoms with van der Waals surface area (Å²) < 4.78 is 4.56. The fourth-order valence-corrected chi connectivity index (χ4v) is 0.867. The van der Waals surface area contributed by atoms with Crippen molar-refractivity contribution in [2.75, 3.05) is 7.11 Å². The maximum absolute atomic E-state index is 9.19. The molecule has 0 heterocycles. The number of aromatic hydroxyl groups is 2. The van der Waals surface area contributed by atoms with Crippen molar-refractivity contribution in [3.05, 3.63) is 18.2 Å². The number of rotatable bonds is 2. The van der Waals surface area contributed by atoms with Crippen LogP contribution >= 0.6 is 0 Å². The van der Waals surface area contributed by atoms with Crippen LogP contribution in [0.1, 0.15) is 0 Å². The summed E-state index contributed by atoms with van der Waals surface area (Å²) in [5.74, 6) is -0.138. The van der Waals surface area contributed by atoms with Gasteiger partial charge < -0.3 is 19.9 Å². The SMILES string of the molecule is COB(O)c1cc(O)ccc1O. The Hall–Kier alpha value is -1.20. The monoisotopic (exact) mass is 168 g/mol. The van der Waals surface area contributed by atoms with E-state index in [0.29, 0.717) is 0 Å². The highest BCUT2D eigenvalue weighted by molar-refractivity contribution is 6.61. The predicted octanol–water partition coefficient (Wildman–Crippen LogP) is -0.568. The summed E-state index contributed by atoms with van der Waals surface area (Å²) in [6, 6.07) is 3.84. The van der Waals surface area contributed by atoms with Gasteiger partial charge in [-0.15, -0.1) is 0 Å². The standard InChI is InChI=1S/C7H9BO4/c1-12-8(11)6-4-5(9)2-3-7(6)10/h2-4,9-11H,1H3. The number of hydrogen-bond acceptors (Lipinski definition) is 4. The number of benzene rings is 1. The normalized spacial score (nSPS) is 9.83. The average molecular weight is 168 g/mol. The third-order valence-electron chi connectivity index (χ3n) is 1.50. The molecule has 0 atom stereocenters. The highest BCUT2D eigenvalue weighted by atomic mass is 16.5. The Labute approximate surface area is 70.2 Å². The van der Waals surface area contributed by atoms with E-state index in [0.717, 1.165) is 0 Å². The van der Waals surface area contributed by atoms with Gasteiger partial charge in [0.25, 0.3) is 0 Å². The molecule has 0 saturated carbocycles. The summed E-state index contributed by atoms with van der Waals surface area (Å²) >= 11 is 0. The van der Waals surface area contributed by atoms with Crippen molar-refractivity contribution in [1.29, 1.82) is 0 Å². The molecule has 5 heteroatoms. The van der Waals surface area contributed by atoms with Gasteiger partial charge in [0, 0.05) is 12.6 Å². The molecule has 0 aliphatic rings. The quantitative estimate of drug-likeness (QED) is 0.408. The smallest absolute Gasteiger partial charge is 0.494 e. The summed E-state index contributed by atoms with van der Waals surface area (Å²) in [7, 11) is 0.0887. The Morgan fingerprint density at radius 1 is 1.33 bits per heavy atom. The van der Waals surface area contributed by atoms with E-state index in [9.17, 15) is 5.11 Å². The van der Waals surface area contributed by atoms with Gasteiger partial charge in [-0.3, -0.25) is 0 Å². The van der Waals surface area contributed by atoms with Crippen LogP contribution in [0.2, 0.25) is 0 Å². The molecule has 0 unspecified atom stereocenters. The third kappa shape index (κ3) is 1.69. The van der Waals surface area contributed by atoms with Gasteiger partial charge in [-0.1, -0.05) is 0 Å². The van der Waals surface area contributed by atoms with Gasteiger partial charge in [-0.25, -0.2) is 0 Å². The molecule has 1 aromatic rings. The molecular weight excluding hydrogens is 159 g/mol. The maximum atomic E-state index is 9.19. The minimum absolute atomic E-state index is 0.0288. The number of phenols is 2. The molecule has 0 saturated heterocycles. The van der Waals surface area contributed by atoms with Crippen LogP contribution in [0.25, 0.3) is 0 Å². The zero-order valence-electron chi connectivity index (χ0n) is 6.56. The zero-order valence-corrected chi connectivity index (χ0v) is 6.56. The summed E-state index contributed by atoms with van der Waals surface area (Å²) in [5.41, 5.74) is 0.150. The largest absolute Gasteiger partial charge is 0.508 e. The number of phenolic OH excluding ortho intramolecular Hbond substituents is 2. The van der Waals surface area contributed by atoms with Crippen molar-refractivity contribution in [3.8, 4) is 11.5 Å². The molecule has 0 radical (unpaired) electrons. The van der Waals surface area contributed by atoms with E-state index in [4.69, 9.17) is 10.1 Å². The Kier molecular flexibility index (Phi) is 2.57. The molecule has 1 rings (SSSR count). The van der Waals surface area contributed by atoms with Crippen molar-refractivity contribution in [3.63, 3.8) is 0 Å². The zero-order chi connectivity index (χ0) is 9.14. The van der Waals surface area contributed by atoms with Crippen LogP contribution in [0.3, 0.4) is 0 Å². The first-order valence-corrected chi connectivity index (χ1v) is 3.38. The second-order valence-electron chi connectivity index (χ2n) is 2.33. The first kappa shape index (κ1) is 8.90. The molecule has 0 spiro atoms. The molecule has 0 amide bonds. The molecule has 1 aromatic carbocycles. The lowest BCUT2D eigenvalue weighted by molar-refractivity contribution is 0.339. The second kappa shape index (κ2) is 3.47. The van der Waals surface area contributed by atoms with Gasteiger partial charge in [-0.2, -0.15) is 0 Å². The summed E-state index contributed by atoms with van der Waals surface area (Å²) in [6.45, 7) is 0. The van der Waals surface area contributed by atoms with Crippen molar-refractivity contribution in [2.45, 2.75) is 0 Å². The Bertz CT molecular complexity index is 276. The lowest BCUT2D eigenvalue weighted by Crippen LogP contribution is -2.32. The van der Waals surface area contributed by atoms with Crippen LogP contribution in [0, 0.1) is 0 Å². The van der Waals surface area contributed by atoms with E-state index in [-0.39, 0.29) is 17.0 Å². The molecular formula is C7H9BO4. The van der Waals surface area contributed by atoms with E-state index < -0.39 is 7.12 Å². The van der Waals surface area contributed by atoms with Gasteiger partial charge in [0.2, 0.25) is 0 Å². The van der Waals surface area contributed by atoms with E-state index in [2.05, 4.69) is 4.65 Å². The second-order valence-corrected chi connectivity index (χ2v) is 2.33. The van der Waals surface area contributed by atoms with Gasteiger partial charge in [-0.05, 0) is 18.2 Å². The molecule has 0 bridgehead atoms. The van der Waals surface area contributed by atoms with Crippen molar-refractivity contribution in [1.82, 2.24) is 0 Å². The Balaban J connectivity index is 3.04. The van der Waals surface area contributed by atoms with Gasteiger partial charge in [0.05, 0.1) is 0 Å². The topological polar surface area (TPSA) is 69.9 Å². The highest BCUT2D eigenvalue weighted by Gasteiger charge is 2.18. The molecule has 0 fully saturated rings. The summed E-state index contributed by atoms with van der Waals surface area (Å²) in [5, 5.41) is 27.3. The Morgan fingerprint density at radius 2 is 2.00 bits per heavy atom. The van der Waals surface area contributed by atoms with Crippen LogP contribution < -0.4 is 5.46 Å². The molecule has 3 N–H and O–H groups in total. The molecule has 0 aromatic heterocycles. The van der Waals surface area contributed by atoms with Crippen LogP contribution in [0.4, 0.5) is 0 Å². The van der Waals surface area contributed by atoms with E-state index >= 15 is 0 Å². The van der Waals surface area contributed by atoms with Crippen molar-refractivity contribution < 1.29 is 19.9 Å². The fourth-order valence-electron chi connectivity index (χ4n) is 0.867. The average Bonchev–Trinajstić information content (AvgIpc) is 2.08. The first-order chi connectivity index (χ1) is 5.65. The summed E-state index contributed by atoms with van der Waals surface area (Å²) in [4.78, 5) is 0. The summed E-state index contributed by atoms with van der Waals surface area (Å²) in [6.07, 6.45) is 0. The predicted molar refractivity (Wildman–Crippen MR) is 44.4 cm³/mol. The van der Waals surface area contributed by atoms with Gasteiger partial charge in [0.15, 0.2) is 0 Å².